The Hall–Kier alpha value is -4.03. The number of fused-ring (bicyclic) bond motifs is 5. The maximum absolute atomic E-state index is 15.4. The number of ketones is 1. The Bertz CT molecular complexity index is 2100. The number of rotatable bonds is 9. The van der Waals surface area contributed by atoms with Crippen LogP contribution in [0.2, 0.25) is 0 Å². The highest BCUT2D eigenvalue weighted by Crippen LogP contribution is 2.72. The van der Waals surface area contributed by atoms with E-state index in [9.17, 15) is 25.5 Å². The molecule has 5 aliphatic carbocycles. The van der Waals surface area contributed by atoms with E-state index in [1.54, 1.807) is 12.1 Å². The van der Waals surface area contributed by atoms with Gasteiger partial charge in [0, 0.05) is 54.0 Å². The number of aliphatic hydroxyl groups excluding tert-OH is 2. The highest BCUT2D eigenvalue weighted by Gasteiger charge is 2.69. The first-order valence-corrected chi connectivity index (χ1v) is 22.7. The van der Waals surface area contributed by atoms with E-state index < -0.39 is 23.4 Å². The molecular formula is C51H63NO7. The van der Waals surface area contributed by atoms with Crippen LogP contribution in [0.15, 0.2) is 54.6 Å². The number of aromatic hydroxyl groups is 3. The van der Waals surface area contributed by atoms with Crippen LogP contribution in [0, 0.1) is 52.8 Å². The molecule has 8 heteroatoms. The van der Waals surface area contributed by atoms with Crippen molar-refractivity contribution in [1.29, 1.82) is 0 Å². The van der Waals surface area contributed by atoms with Gasteiger partial charge >= 0.3 is 0 Å². The molecule has 59 heavy (non-hydrogen) atoms. The van der Waals surface area contributed by atoms with E-state index in [1.165, 1.54) is 32.8 Å². The number of carbonyl (C=O) groups excluding carboxylic acids is 1. The number of Topliss-reactive ketones (excluding diaryl/α,β-unsaturated/α-hetero) is 1. The SMILES string of the molecule is CCCCCC1C(=O)CC(c2cc(OC)c(O)cc2CO)C(Cc2ccccc2)C#CC2CNC3CCC4CC5(CCCC5)C5CC4C3(c3cc(O)c(O)cc35)C2C1O. The van der Waals surface area contributed by atoms with Gasteiger partial charge in [0.05, 0.1) is 19.8 Å². The maximum Gasteiger partial charge on any atom is 0.160 e. The third-order valence-electron chi connectivity index (χ3n) is 16.6. The highest BCUT2D eigenvalue weighted by molar-refractivity contribution is 5.83. The number of methoxy groups -OCH3 is 1. The first-order valence-electron chi connectivity index (χ1n) is 22.7. The third-order valence-corrected chi connectivity index (χ3v) is 16.6. The summed E-state index contributed by atoms with van der Waals surface area (Å²) < 4.78 is 5.59. The molecule has 1 saturated heterocycles. The van der Waals surface area contributed by atoms with Gasteiger partial charge in [0.1, 0.15) is 5.78 Å². The molecule has 6 N–H and O–H groups in total. The minimum Gasteiger partial charge on any atom is -0.504 e. The number of ether oxygens (including phenoxy) is 1. The predicted octanol–water partition coefficient (Wildman–Crippen LogP) is 8.40. The van der Waals surface area contributed by atoms with Gasteiger partial charge in [0.25, 0.3) is 0 Å². The monoisotopic (exact) mass is 801 g/mol. The van der Waals surface area contributed by atoms with Gasteiger partial charge in [-0.2, -0.15) is 0 Å². The van der Waals surface area contributed by atoms with E-state index in [0.29, 0.717) is 30.9 Å². The van der Waals surface area contributed by atoms with Crippen molar-refractivity contribution in [2.45, 2.75) is 133 Å². The van der Waals surface area contributed by atoms with E-state index in [-0.39, 0.29) is 82.9 Å². The van der Waals surface area contributed by atoms with Crippen molar-refractivity contribution in [3.8, 4) is 34.8 Å². The first kappa shape index (κ1) is 40.4. The van der Waals surface area contributed by atoms with Crippen molar-refractivity contribution < 1.29 is 35.1 Å². The topological polar surface area (TPSA) is 139 Å². The molecule has 0 amide bonds. The van der Waals surface area contributed by atoms with E-state index >= 15 is 4.79 Å². The van der Waals surface area contributed by atoms with Crippen LogP contribution in [-0.2, 0) is 23.2 Å². The lowest BCUT2D eigenvalue weighted by Gasteiger charge is -2.69. The molecule has 3 saturated carbocycles. The van der Waals surface area contributed by atoms with Crippen molar-refractivity contribution in [2.75, 3.05) is 13.7 Å². The van der Waals surface area contributed by atoms with Gasteiger partial charge < -0.3 is 35.6 Å². The van der Waals surface area contributed by atoms with Crippen LogP contribution in [0.4, 0.5) is 0 Å². The molecule has 3 aromatic rings. The lowest BCUT2D eigenvalue weighted by molar-refractivity contribution is -0.143. The second-order valence-corrected chi connectivity index (χ2v) is 19.3. The van der Waals surface area contributed by atoms with Crippen molar-refractivity contribution in [3.63, 3.8) is 0 Å². The van der Waals surface area contributed by atoms with Gasteiger partial charge in [0.2, 0.25) is 0 Å². The van der Waals surface area contributed by atoms with Gasteiger partial charge in [-0.1, -0.05) is 81.2 Å². The van der Waals surface area contributed by atoms with Gasteiger partial charge in [-0.05, 0) is 127 Å². The first-order chi connectivity index (χ1) is 28.6. The Balaban J connectivity index is 1.26. The number of carbonyl (C=O) groups is 1. The number of phenolic OH excluding ortho intramolecular Hbond substituents is 3. The second-order valence-electron chi connectivity index (χ2n) is 19.3. The highest BCUT2D eigenvalue weighted by atomic mass is 16.5. The number of aliphatic hydroxyl groups is 2. The van der Waals surface area contributed by atoms with Crippen LogP contribution in [0.25, 0.3) is 0 Å². The van der Waals surface area contributed by atoms with Crippen molar-refractivity contribution in [2.24, 2.45) is 40.9 Å². The Morgan fingerprint density at radius 2 is 1.71 bits per heavy atom. The van der Waals surface area contributed by atoms with E-state index in [0.717, 1.165) is 67.2 Å². The molecule has 11 unspecified atom stereocenters. The zero-order valence-electron chi connectivity index (χ0n) is 34.8. The second kappa shape index (κ2) is 16.1. The molecule has 3 aromatic carbocycles. The molecule has 1 heterocycles. The van der Waals surface area contributed by atoms with Crippen molar-refractivity contribution in [3.05, 3.63) is 82.4 Å². The van der Waals surface area contributed by atoms with Crippen LogP contribution in [-0.4, -0.2) is 57.1 Å². The molecule has 8 nitrogen and oxygen atoms in total. The van der Waals surface area contributed by atoms with Crippen LogP contribution in [0.1, 0.15) is 130 Å². The Morgan fingerprint density at radius 3 is 2.46 bits per heavy atom. The summed E-state index contributed by atoms with van der Waals surface area (Å²) in [6.45, 7) is 2.42. The zero-order valence-corrected chi connectivity index (χ0v) is 34.8. The average Bonchev–Trinajstić information content (AvgIpc) is 3.71. The molecule has 2 spiro atoms. The zero-order chi connectivity index (χ0) is 41.1. The molecule has 0 aromatic heterocycles. The summed E-state index contributed by atoms with van der Waals surface area (Å²) in [7, 11) is 1.50. The number of nitrogens with one attached hydrogen (secondary N) is 1. The fourth-order valence-corrected chi connectivity index (χ4v) is 14.2. The molecular weight excluding hydrogens is 739 g/mol. The standard InChI is InChI=1S/C51H63NO7/c1-3-4-6-13-35-42(54)22-36(37-24-46(59-2)45(57)21-34(37)29-53)31(20-30-11-7-5-8-12-30)14-15-33-28-52-47-17-16-32-27-50(18-9-10-19-50)40-25-39(32)51(47,48(33)49(35)58)41-26-44(56)43(55)23-38(40)41/h5,7-8,11-12,21,23-24,26,31-33,35-36,39-40,47-49,52-53,55-58H,3-4,6,9-10,13,16-20,22,25,27-29H2,1-2H3. The number of benzene rings is 3. The Labute approximate surface area is 349 Å². The quantitative estimate of drug-likeness (QED) is 0.0721. The number of unbranched alkanes of at least 4 members (excludes halogenated alkanes) is 2. The molecule has 2 bridgehead atoms. The van der Waals surface area contributed by atoms with Crippen LogP contribution in [0.3, 0.4) is 0 Å². The van der Waals surface area contributed by atoms with Crippen molar-refractivity contribution >= 4 is 5.78 Å². The predicted molar refractivity (Wildman–Crippen MR) is 227 cm³/mol. The van der Waals surface area contributed by atoms with Gasteiger partial charge in [-0.15, -0.1) is 0 Å². The summed E-state index contributed by atoms with van der Waals surface area (Å²) in [6, 6.07) is 17.3. The average molecular weight is 802 g/mol. The summed E-state index contributed by atoms with van der Waals surface area (Å²) in [6.07, 6.45) is 12.1. The van der Waals surface area contributed by atoms with E-state index in [1.807, 2.05) is 30.3 Å². The normalized spacial score (nSPS) is 34.2. The van der Waals surface area contributed by atoms with E-state index in [4.69, 9.17) is 4.74 Å². The van der Waals surface area contributed by atoms with Gasteiger partial charge in [-0.25, -0.2) is 0 Å². The smallest absolute Gasteiger partial charge is 0.160 e. The minimum atomic E-state index is -0.984. The Morgan fingerprint density at radius 1 is 0.932 bits per heavy atom. The van der Waals surface area contributed by atoms with E-state index in [2.05, 4.69) is 36.2 Å². The molecule has 9 rings (SSSR count). The molecule has 314 valence electrons. The summed E-state index contributed by atoms with van der Waals surface area (Å²) in [5.41, 5.74) is 4.14. The lowest BCUT2D eigenvalue weighted by atomic mass is 9.37. The lowest BCUT2D eigenvalue weighted by Crippen LogP contribution is -2.72. The minimum absolute atomic E-state index is 0.00454. The summed E-state index contributed by atoms with van der Waals surface area (Å²) in [5.74, 6) is 6.52. The molecule has 6 aliphatic rings. The summed E-state index contributed by atoms with van der Waals surface area (Å²) in [5, 5.41) is 61.5. The fourth-order valence-electron chi connectivity index (χ4n) is 14.2. The Kier molecular flexibility index (Phi) is 11.0. The third kappa shape index (κ3) is 6.66. The van der Waals surface area contributed by atoms with Gasteiger partial charge in [0.15, 0.2) is 23.0 Å². The largest absolute Gasteiger partial charge is 0.504 e. The number of hydrogen-bond donors (Lipinski definition) is 6. The van der Waals surface area contributed by atoms with Crippen LogP contribution < -0.4 is 10.1 Å². The maximum atomic E-state index is 15.4. The van der Waals surface area contributed by atoms with Crippen LogP contribution >= 0.6 is 0 Å². The van der Waals surface area contributed by atoms with Crippen molar-refractivity contribution in [1.82, 2.24) is 5.32 Å². The summed E-state index contributed by atoms with van der Waals surface area (Å²) >= 11 is 0. The molecule has 11 atom stereocenters. The summed E-state index contributed by atoms with van der Waals surface area (Å²) in [4.78, 5) is 15.4. The van der Waals surface area contributed by atoms with Crippen LogP contribution in [0.5, 0.6) is 23.0 Å². The van der Waals surface area contributed by atoms with Gasteiger partial charge in [-0.3, -0.25) is 4.79 Å². The number of piperidine rings is 1. The fraction of sp³-hybridized carbons (Fsp3) is 0.588. The number of phenols is 3. The molecule has 0 radical (unpaired) electrons. The molecule has 1 aliphatic heterocycles. The number of hydrogen-bond acceptors (Lipinski definition) is 8. The molecule has 4 fully saturated rings.